The second-order valence-corrected chi connectivity index (χ2v) is 12.1. The largest absolute Gasteiger partial charge is 0.351 e. The van der Waals surface area contributed by atoms with Gasteiger partial charge in [0.25, 0.3) is 11.8 Å². The number of rotatable bonds is 5. The summed E-state index contributed by atoms with van der Waals surface area (Å²) in [5, 5.41) is 0.947. The molecule has 0 saturated carbocycles. The van der Waals surface area contributed by atoms with Crippen LogP contribution < -0.4 is 0 Å². The Labute approximate surface area is 239 Å². The van der Waals surface area contributed by atoms with Crippen molar-refractivity contribution < 1.29 is 14.4 Å². The third kappa shape index (κ3) is 4.85. The highest BCUT2D eigenvalue weighted by atomic mass is 16.2. The predicted molar refractivity (Wildman–Crippen MR) is 156 cm³/mol. The Morgan fingerprint density at radius 3 is 2.17 bits per heavy atom. The maximum absolute atomic E-state index is 14.0. The van der Waals surface area contributed by atoms with Gasteiger partial charge in [-0.15, -0.1) is 0 Å². The van der Waals surface area contributed by atoms with Gasteiger partial charge in [0, 0.05) is 49.0 Å². The Morgan fingerprint density at radius 1 is 0.902 bits per heavy atom. The normalized spacial score (nSPS) is 19.0. The summed E-state index contributed by atoms with van der Waals surface area (Å²) in [7, 11) is 1.70. The van der Waals surface area contributed by atoms with E-state index in [4.69, 9.17) is 0 Å². The van der Waals surface area contributed by atoms with E-state index in [9.17, 15) is 14.4 Å². The van der Waals surface area contributed by atoms with Crippen LogP contribution in [0, 0.1) is 5.41 Å². The summed E-state index contributed by atoms with van der Waals surface area (Å²) in [5.74, 6) is -0.381. The molecule has 210 valence electrons. The molecule has 6 rings (SSSR count). The van der Waals surface area contributed by atoms with Gasteiger partial charge in [0.2, 0.25) is 11.7 Å². The Bertz CT molecular complexity index is 1570. The Balaban J connectivity index is 1.16. The van der Waals surface area contributed by atoms with Gasteiger partial charge in [-0.3, -0.25) is 14.4 Å². The Kier molecular flexibility index (Phi) is 6.60. The fourth-order valence-electron chi connectivity index (χ4n) is 6.30. The lowest BCUT2D eigenvalue weighted by Gasteiger charge is -2.42. The highest BCUT2D eigenvalue weighted by Crippen LogP contribution is 2.35. The molecule has 0 spiro atoms. The molecule has 2 aliphatic heterocycles. The number of carbonyl (C=O) groups is 3. The molecule has 9 nitrogen and oxygen atoms in total. The fourth-order valence-corrected chi connectivity index (χ4v) is 6.30. The molecule has 4 aromatic rings. The van der Waals surface area contributed by atoms with Crippen molar-refractivity contribution in [2.45, 2.75) is 45.3 Å². The number of para-hydroxylation sites is 1. The molecule has 1 N–H and O–H groups in total. The molecule has 2 fully saturated rings. The maximum atomic E-state index is 14.0. The number of likely N-dealkylation sites (tertiary alicyclic amines) is 2. The van der Waals surface area contributed by atoms with Crippen molar-refractivity contribution in [3.8, 4) is 11.1 Å². The van der Waals surface area contributed by atoms with Crippen LogP contribution in [0.25, 0.3) is 22.0 Å². The fraction of sp³-hybridized carbons (Fsp3) is 0.344. The lowest BCUT2D eigenvalue weighted by atomic mass is 9.84. The molecule has 3 atom stereocenters. The van der Waals surface area contributed by atoms with E-state index in [1.165, 1.54) is 0 Å². The quantitative estimate of drug-likeness (QED) is 0.401. The molecule has 2 saturated heterocycles. The Hall–Kier alpha value is -4.53. The minimum Gasteiger partial charge on any atom is -0.351 e. The molecule has 0 unspecified atom stereocenters. The number of hydrogen-bond acceptors (Lipinski definition) is 5. The second-order valence-electron chi connectivity index (χ2n) is 12.1. The molecular weight excluding hydrogens is 516 g/mol. The van der Waals surface area contributed by atoms with Gasteiger partial charge in [-0.05, 0) is 29.5 Å². The van der Waals surface area contributed by atoms with Crippen LogP contribution in [-0.4, -0.2) is 85.6 Å². The lowest BCUT2D eigenvalue weighted by Crippen LogP contribution is -2.59. The molecule has 0 radical (unpaired) electrons. The third-order valence-corrected chi connectivity index (χ3v) is 8.26. The highest BCUT2D eigenvalue weighted by Gasteiger charge is 2.51. The summed E-state index contributed by atoms with van der Waals surface area (Å²) in [4.78, 5) is 58.0. The Morgan fingerprint density at radius 2 is 1.54 bits per heavy atom. The number of amides is 3. The van der Waals surface area contributed by atoms with E-state index in [0.29, 0.717) is 25.2 Å². The average molecular weight is 551 g/mol. The van der Waals surface area contributed by atoms with Crippen LogP contribution in [0.2, 0.25) is 0 Å². The topological polar surface area (TPSA) is 102 Å². The van der Waals surface area contributed by atoms with Crippen LogP contribution in [0.15, 0.2) is 73.1 Å². The molecule has 3 amide bonds. The minimum absolute atomic E-state index is 0.0903. The van der Waals surface area contributed by atoms with Crippen molar-refractivity contribution in [2.75, 3.05) is 20.1 Å². The molecule has 41 heavy (non-hydrogen) atoms. The average Bonchev–Trinajstić information content (AvgIpc) is 3.71. The van der Waals surface area contributed by atoms with E-state index in [1.54, 1.807) is 29.2 Å². The number of hydrogen-bond donors (Lipinski definition) is 1. The van der Waals surface area contributed by atoms with E-state index in [1.807, 2.05) is 86.3 Å². The second kappa shape index (κ2) is 10.1. The number of piperazine rings is 1. The first kappa shape index (κ1) is 26.7. The third-order valence-electron chi connectivity index (χ3n) is 8.26. The van der Waals surface area contributed by atoms with Gasteiger partial charge >= 0.3 is 0 Å². The monoisotopic (exact) mass is 550 g/mol. The lowest BCUT2D eigenvalue weighted by molar-refractivity contribution is -0.141. The first-order chi connectivity index (χ1) is 19.6. The zero-order valence-electron chi connectivity index (χ0n) is 23.7. The number of nitrogens with zero attached hydrogens (tertiary/aromatic N) is 5. The number of carbonyl (C=O) groups excluding carboxylic acids is 3. The van der Waals surface area contributed by atoms with Crippen LogP contribution in [-0.2, 0) is 4.79 Å². The summed E-state index contributed by atoms with van der Waals surface area (Å²) in [6.07, 6.45) is 4.05. The molecule has 0 aliphatic carbocycles. The van der Waals surface area contributed by atoms with E-state index in [2.05, 4.69) is 15.0 Å². The number of nitrogens with one attached hydrogen (secondary N) is 1. The SMILES string of the molecule is CN(C(=O)c1cc2ccccc2[nH]1)[C@H](C(=O)N1C[C@@H]2C[C@H]1CN2C(=O)c1ncc(-c2ccccc2)cn1)C(C)(C)C. The van der Waals surface area contributed by atoms with Crippen LogP contribution in [0.5, 0.6) is 0 Å². The van der Waals surface area contributed by atoms with Crippen molar-refractivity contribution in [3.05, 3.63) is 84.6 Å². The predicted octanol–water partition coefficient (Wildman–Crippen LogP) is 4.24. The number of likely N-dealkylation sites (N-methyl/N-ethyl adjacent to an activating group) is 1. The number of aromatic amines is 1. The molecule has 2 aromatic carbocycles. The number of benzene rings is 2. The van der Waals surface area contributed by atoms with Crippen LogP contribution >= 0.6 is 0 Å². The van der Waals surface area contributed by atoms with Crippen molar-refractivity contribution in [2.24, 2.45) is 5.41 Å². The first-order valence-electron chi connectivity index (χ1n) is 14.0. The van der Waals surface area contributed by atoms with Crippen LogP contribution in [0.3, 0.4) is 0 Å². The summed E-state index contributed by atoms with van der Waals surface area (Å²) >= 11 is 0. The van der Waals surface area contributed by atoms with Gasteiger partial charge in [-0.25, -0.2) is 9.97 Å². The van der Waals surface area contributed by atoms with Gasteiger partial charge in [0.15, 0.2) is 0 Å². The van der Waals surface area contributed by atoms with Crippen molar-refractivity contribution in [3.63, 3.8) is 0 Å². The molecular formula is C32H34N6O3. The minimum atomic E-state index is -0.668. The number of H-pyrrole nitrogens is 1. The zero-order valence-corrected chi connectivity index (χ0v) is 23.7. The molecule has 2 bridgehead atoms. The van der Waals surface area contributed by atoms with E-state index in [0.717, 1.165) is 22.0 Å². The van der Waals surface area contributed by atoms with E-state index in [-0.39, 0.29) is 35.6 Å². The standard InChI is InChI=1S/C32H34N6O3/c1-32(2,3)27(36(4)29(39)26-14-21-12-8-9-13-25(21)35-26)30(40)37-18-24-15-23(37)19-38(24)31(41)28-33-16-22(17-34-28)20-10-6-5-7-11-20/h5-14,16-17,23-24,27,35H,15,18-19H2,1-4H3/t23-,24-,27+/m0/s1. The van der Waals surface area contributed by atoms with Gasteiger partial charge in [-0.2, -0.15) is 0 Å². The van der Waals surface area contributed by atoms with Gasteiger partial charge < -0.3 is 19.7 Å². The van der Waals surface area contributed by atoms with Crippen molar-refractivity contribution in [1.82, 2.24) is 29.7 Å². The van der Waals surface area contributed by atoms with E-state index < -0.39 is 11.5 Å². The van der Waals surface area contributed by atoms with E-state index >= 15 is 0 Å². The smallest absolute Gasteiger partial charge is 0.292 e. The van der Waals surface area contributed by atoms with Gasteiger partial charge in [0.05, 0.1) is 12.1 Å². The van der Waals surface area contributed by atoms with Gasteiger partial charge in [0.1, 0.15) is 11.7 Å². The zero-order chi connectivity index (χ0) is 28.9. The molecule has 2 aromatic heterocycles. The number of aromatic nitrogens is 3. The number of fused-ring (bicyclic) bond motifs is 3. The summed E-state index contributed by atoms with van der Waals surface area (Å²) in [6.45, 7) is 6.79. The highest BCUT2D eigenvalue weighted by molar-refractivity contribution is 6.00. The summed E-state index contributed by atoms with van der Waals surface area (Å²) in [5.41, 5.74) is 2.67. The molecule has 9 heteroatoms. The van der Waals surface area contributed by atoms with Crippen LogP contribution in [0.1, 0.15) is 48.3 Å². The molecule has 2 aliphatic rings. The van der Waals surface area contributed by atoms with Crippen LogP contribution in [0.4, 0.5) is 0 Å². The van der Waals surface area contributed by atoms with Crippen molar-refractivity contribution in [1.29, 1.82) is 0 Å². The summed E-state index contributed by atoms with van der Waals surface area (Å²) < 4.78 is 0. The first-order valence-corrected chi connectivity index (χ1v) is 14.0. The summed E-state index contributed by atoms with van der Waals surface area (Å²) in [6, 6.07) is 18.5. The molecule has 4 heterocycles. The maximum Gasteiger partial charge on any atom is 0.292 e. The van der Waals surface area contributed by atoms with Crippen molar-refractivity contribution >= 4 is 28.6 Å². The van der Waals surface area contributed by atoms with Gasteiger partial charge in [-0.1, -0.05) is 69.3 Å².